The molecule has 1 aromatic heterocycles. The van der Waals surface area contributed by atoms with E-state index >= 15 is 0 Å². The van der Waals surface area contributed by atoms with Crippen LogP contribution >= 0.6 is 0 Å². The third-order valence-electron chi connectivity index (χ3n) is 5.25. The van der Waals surface area contributed by atoms with E-state index in [1.807, 2.05) is 30.3 Å². The molecular formula is C21H22N4O4S. The lowest BCUT2D eigenvalue weighted by Crippen LogP contribution is -2.42. The average Bonchev–Trinajstić information content (AvgIpc) is 3.30. The summed E-state index contributed by atoms with van der Waals surface area (Å²) in [6.45, 7) is 0.716. The van der Waals surface area contributed by atoms with Gasteiger partial charge in [-0.3, -0.25) is 4.79 Å². The smallest absolute Gasteiger partial charge is 0.276 e. The van der Waals surface area contributed by atoms with Crippen LogP contribution in [-0.2, 0) is 9.84 Å². The van der Waals surface area contributed by atoms with Crippen LogP contribution in [0.2, 0.25) is 0 Å². The van der Waals surface area contributed by atoms with E-state index < -0.39 is 15.1 Å². The van der Waals surface area contributed by atoms with Gasteiger partial charge in [0.05, 0.1) is 29.1 Å². The monoisotopic (exact) mass is 426 g/mol. The number of hydrogen-bond donors (Lipinski definition) is 0. The number of carbonyl (C=O) groups excluding carboxylic acids is 1. The molecule has 30 heavy (non-hydrogen) atoms. The molecule has 8 nitrogen and oxygen atoms in total. The van der Waals surface area contributed by atoms with Gasteiger partial charge in [-0.05, 0) is 49.2 Å². The first kappa shape index (κ1) is 20.1. The van der Waals surface area contributed by atoms with Crippen LogP contribution in [0.4, 0.5) is 0 Å². The summed E-state index contributed by atoms with van der Waals surface area (Å²) in [7, 11) is -1.92. The van der Waals surface area contributed by atoms with E-state index in [0.717, 1.165) is 5.69 Å². The fraction of sp³-hybridized carbons (Fsp3) is 0.286. The predicted molar refractivity (Wildman–Crippen MR) is 110 cm³/mol. The van der Waals surface area contributed by atoms with Crippen molar-refractivity contribution in [2.75, 3.05) is 20.2 Å². The van der Waals surface area contributed by atoms with E-state index in [-0.39, 0.29) is 16.5 Å². The molecule has 2 heterocycles. The quantitative estimate of drug-likeness (QED) is 0.622. The van der Waals surface area contributed by atoms with Crippen LogP contribution in [0.1, 0.15) is 23.3 Å². The second-order valence-electron chi connectivity index (χ2n) is 7.07. The summed E-state index contributed by atoms with van der Waals surface area (Å²) in [4.78, 5) is 16.1. The van der Waals surface area contributed by atoms with Crippen molar-refractivity contribution in [2.24, 2.45) is 0 Å². The number of hydrogen-bond acceptors (Lipinski definition) is 6. The number of amides is 1. The van der Waals surface area contributed by atoms with Crippen LogP contribution in [-0.4, -0.2) is 59.7 Å². The molecule has 0 bridgehead atoms. The minimum Gasteiger partial charge on any atom is -0.497 e. The summed E-state index contributed by atoms with van der Waals surface area (Å²) >= 11 is 0. The fourth-order valence-electron chi connectivity index (χ4n) is 3.54. The van der Waals surface area contributed by atoms with Crippen molar-refractivity contribution in [2.45, 2.75) is 23.0 Å². The summed E-state index contributed by atoms with van der Waals surface area (Å²) in [5.41, 5.74) is 1.01. The number of carbonyl (C=O) groups is 1. The molecular weight excluding hydrogens is 404 g/mol. The van der Waals surface area contributed by atoms with E-state index in [1.54, 1.807) is 29.2 Å². The van der Waals surface area contributed by atoms with Crippen molar-refractivity contribution in [3.8, 4) is 11.4 Å². The summed E-state index contributed by atoms with van der Waals surface area (Å²) in [5, 5.41) is 7.92. The zero-order valence-electron chi connectivity index (χ0n) is 16.5. The number of rotatable bonds is 5. The molecule has 1 saturated heterocycles. The van der Waals surface area contributed by atoms with Gasteiger partial charge < -0.3 is 9.64 Å². The molecule has 1 fully saturated rings. The highest BCUT2D eigenvalue weighted by Crippen LogP contribution is 2.26. The van der Waals surface area contributed by atoms with Crippen molar-refractivity contribution < 1.29 is 17.9 Å². The van der Waals surface area contributed by atoms with Crippen molar-refractivity contribution in [3.05, 3.63) is 66.5 Å². The molecule has 1 amide bonds. The second-order valence-corrected chi connectivity index (χ2v) is 9.29. The number of aromatic nitrogens is 3. The third-order valence-corrected chi connectivity index (χ3v) is 7.53. The molecule has 0 N–H and O–H groups in total. The van der Waals surface area contributed by atoms with Gasteiger partial charge in [0.15, 0.2) is 15.5 Å². The highest BCUT2D eigenvalue weighted by Gasteiger charge is 2.33. The molecule has 0 aliphatic carbocycles. The first-order chi connectivity index (χ1) is 14.5. The summed E-state index contributed by atoms with van der Waals surface area (Å²) in [5.74, 6) is 0.371. The molecule has 0 atom stereocenters. The van der Waals surface area contributed by atoms with Gasteiger partial charge in [0.2, 0.25) is 0 Å². The van der Waals surface area contributed by atoms with Crippen LogP contribution in [0.3, 0.4) is 0 Å². The minimum absolute atomic E-state index is 0.238. The van der Waals surface area contributed by atoms with Gasteiger partial charge in [-0.1, -0.05) is 18.2 Å². The first-order valence-corrected chi connectivity index (χ1v) is 11.2. The Hall–Kier alpha value is -3.20. The molecule has 9 heteroatoms. The zero-order valence-corrected chi connectivity index (χ0v) is 17.3. The van der Waals surface area contributed by atoms with Crippen molar-refractivity contribution in [1.29, 1.82) is 0 Å². The van der Waals surface area contributed by atoms with Crippen molar-refractivity contribution in [1.82, 2.24) is 19.9 Å². The molecule has 3 aromatic rings. The van der Waals surface area contributed by atoms with E-state index in [1.165, 1.54) is 18.1 Å². The maximum absolute atomic E-state index is 12.9. The third kappa shape index (κ3) is 3.93. The van der Waals surface area contributed by atoms with E-state index in [4.69, 9.17) is 4.74 Å². The standard InChI is InChI=1S/C21H22N4O4S/c1-29-17-7-9-18(10-8-17)30(27,28)19-11-13-24(14-12-19)21(26)20-15-22-25(23-20)16-5-3-2-4-6-16/h2-10,15,19H,11-14H2,1H3. The molecule has 1 aliphatic heterocycles. The number of sulfone groups is 1. The van der Waals surface area contributed by atoms with Gasteiger partial charge in [-0.15, -0.1) is 5.10 Å². The van der Waals surface area contributed by atoms with Gasteiger partial charge in [-0.25, -0.2) is 8.42 Å². The van der Waals surface area contributed by atoms with Crippen LogP contribution in [0.25, 0.3) is 5.69 Å². The van der Waals surface area contributed by atoms with E-state index in [2.05, 4.69) is 10.2 Å². The Kier molecular flexibility index (Phi) is 5.54. The van der Waals surface area contributed by atoms with E-state index in [9.17, 15) is 13.2 Å². The van der Waals surface area contributed by atoms with Crippen molar-refractivity contribution in [3.63, 3.8) is 0 Å². The highest BCUT2D eigenvalue weighted by atomic mass is 32.2. The Morgan fingerprint density at radius 2 is 1.70 bits per heavy atom. The Balaban J connectivity index is 1.41. The molecule has 0 unspecified atom stereocenters. The summed E-state index contributed by atoms with van der Waals surface area (Å²) in [6, 6.07) is 15.7. The Morgan fingerprint density at radius 3 is 2.33 bits per heavy atom. The molecule has 0 saturated carbocycles. The van der Waals surface area contributed by atoms with Crippen molar-refractivity contribution >= 4 is 15.7 Å². The summed E-state index contributed by atoms with van der Waals surface area (Å²) < 4.78 is 30.9. The Bertz CT molecular complexity index is 1120. The Labute approximate surface area is 175 Å². The molecule has 0 radical (unpaired) electrons. The Morgan fingerprint density at radius 1 is 1.03 bits per heavy atom. The van der Waals surface area contributed by atoms with Crippen LogP contribution in [0.15, 0.2) is 65.7 Å². The van der Waals surface area contributed by atoms with Gasteiger partial charge >= 0.3 is 0 Å². The normalized spacial score (nSPS) is 15.2. The minimum atomic E-state index is -3.46. The molecule has 156 valence electrons. The maximum atomic E-state index is 12.9. The SMILES string of the molecule is COc1ccc(S(=O)(=O)C2CCN(C(=O)c3cnn(-c4ccccc4)n3)CC2)cc1. The molecule has 4 rings (SSSR count). The number of methoxy groups -OCH3 is 1. The number of piperidine rings is 1. The maximum Gasteiger partial charge on any atom is 0.276 e. The number of benzene rings is 2. The van der Waals surface area contributed by atoms with Gasteiger partial charge in [-0.2, -0.15) is 9.90 Å². The lowest BCUT2D eigenvalue weighted by atomic mass is 10.1. The van der Waals surface area contributed by atoms with Crippen LogP contribution in [0, 0.1) is 0 Å². The number of nitrogens with zero attached hydrogens (tertiary/aromatic N) is 4. The topological polar surface area (TPSA) is 94.4 Å². The highest BCUT2D eigenvalue weighted by molar-refractivity contribution is 7.92. The zero-order chi connectivity index (χ0) is 21.1. The first-order valence-electron chi connectivity index (χ1n) is 9.64. The fourth-order valence-corrected chi connectivity index (χ4v) is 5.27. The van der Waals surface area contributed by atoms with E-state index in [0.29, 0.717) is 31.7 Å². The second kappa shape index (κ2) is 8.27. The van der Waals surface area contributed by atoms with Gasteiger partial charge in [0.1, 0.15) is 5.75 Å². The number of para-hydroxylation sites is 1. The lowest BCUT2D eigenvalue weighted by Gasteiger charge is -2.31. The van der Waals surface area contributed by atoms with Gasteiger partial charge in [0, 0.05) is 13.1 Å². The molecule has 1 aliphatic rings. The molecule has 0 spiro atoms. The number of likely N-dealkylation sites (tertiary alicyclic amines) is 1. The summed E-state index contributed by atoms with van der Waals surface area (Å²) in [6.07, 6.45) is 2.20. The van der Waals surface area contributed by atoms with Gasteiger partial charge in [0.25, 0.3) is 5.91 Å². The van der Waals surface area contributed by atoms with Crippen LogP contribution in [0.5, 0.6) is 5.75 Å². The van der Waals surface area contributed by atoms with Crippen LogP contribution < -0.4 is 4.74 Å². The predicted octanol–water partition coefficient (Wildman–Crippen LogP) is 2.35. The lowest BCUT2D eigenvalue weighted by molar-refractivity contribution is 0.0719. The number of ether oxygens (including phenoxy) is 1. The average molecular weight is 426 g/mol. The largest absolute Gasteiger partial charge is 0.497 e. The molecule has 2 aromatic carbocycles.